The third-order valence-corrected chi connectivity index (χ3v) is 6.41. The van der Waals surface area contributed by atoms with Crippen molar-refractivity contribution in [3.8, 4) is 16.9 Å². The van der Waals surface area contributed by atoms with Crippen LogP contribution in [-0.2, 0) is 5.54 Å². The Kier molecular flexibility index (Phi) is 5.49. The van der Waals surface area contributed by atoms with Gasteiger partial charge in [-0.1, -0.05) is 53.5 Å². The number of nitrogens with two attached hydrogens (primary N) is 1. The number of guanidine groups is 1. The van der Waals surface area contributed by atoms with Gasteiger partial charge in [0.1, 0.15) is 18.1 Å². The van der Waals surface area contributed by atoms with Gasteiger partial charge in [0.2, 0.25) is 0 Å². The maximum atomic E-state index is 14.2. The first kappa shape index (κ1) is 22.6. The van der Waals surface area contributed by atoms with Gasteiger partial charge in [0, 0.05) is 10.0 Å². The SMILES string of the molecule is COc1ccc(C2(c3cccc(-c4cc(Cl)cc(Cl)c4)c3)N=C(N)N3CC(F)(F)CN=C32)cc1. The number of nitrogens with zero attached hydrogens (tertiary/aromatic N) is 3. The summed E-state index contributed by atoms with van der Waals surface area (Å²) in [5, 5.41) is 1.01. The molecule has 0 bridgehead atoms. The lowest BCUT2D eigenvalue weighted by Crippen LogP contribution is -2.53. The zero-order valence-electron chi connectivity index (χ0n) is 18.1. The molecule has 174 valence electrons. The van der Waals surface area contributed by atoms with Crippen molar-refractivity contribution < 1.29 is 13.5 Å². The molecular weight excluding hydrogens is 481 g/mol. The van der Waals surface area contributed by atoms with Crippen LogP contribution in [0.3, 0.4) is 0 Å². The third-order valence-electron chi connectivity index (χ3n) is 5.97. The summed E-state index contributed by atoms with van der Waals surface area (Å²) in [6, 6.07) is 20.2. The Hall–Kier alpha value is -3.16. The summed E-state index contributed by atoms with van der Waals surface area (Å²) in [6.07, 6.45) is 0. The quantitative estimate of drug-likeness (QED) is 0.507. The molecule has 0 aliphatic carbocycles. The van der Waals surface area contributed by atoms with Crippen molar-refractivity contribution >= 4 is 35.0 Å². The van der Waals surface area contributed by atoms with Crippen molar-refractivity contribution in [3.63, 3.8) is 0 Å². The molecule has 2 N–H and O–H groups in total. The normalized spacial score (nSPS) is 21.0. The monoisotopic (exact) mass is 500 g/mol. The van der Waals surface area contributed by atoms with Gasteiger partial charge >= 0.3 is 0 Å². The van der Waals surface area contributed by atoms with Gasteiger partial charge < -0.3 is 10.5 Å². The maximum absolute atomic E-state index is 14.2. The first-order chi connectivity index (χ1) is 16.2. The van der Waals surface area contributed by atoms with E-state index in [1.165, 1.54) is 4.90 Å². The molecule has 3 aromatic carbocycles. The summed E-state index contributed by atoms with van der Waals surface area (Å²) in [5.74, 6) is -1.99. The van der Waals surface area contributed by atoms with Gasteiger partial charge in [-0.05, 0) is 58.7 Å². The second-order valence-electron chi connectivity index (χ2n) is 8.23. The fraction of sp³-hybridized carbons (Fsp3) is 0.200. The number of rotatable bonds is 4. The molecule has 2 heterocycles. The van der Waals surface area contributed by atoms with Crippen LogP contribution in [0.15, 0.2) is 76.7 Å². The Morgan fingerprint density at radius 1 is 0.941 bits per heavy atom. The first-order valence-electron chi connectivity index (χ1n) is 10.5. The van der Waals surface area contributed by atoms with Crippen LogP contribution in [0.4, 0.5) is 8.78 Å². The van der Waals surface area contributed by atoms with E-state index in [-0.39, 0.29) is 5.96 Å². The molecule has 2 aliphatic rings. The van der Waals surface area contributed by atoms with Crippen LogP contribution in [0, 0.1) is 0 Å². The number of aliphatic imine (C=N–C) groups is 2. The molecule has 5 rings (SSSR count). The molecule has 0 aromatic heterocycles. The number of methoxy groups -OCH3 is 1. The number of hydrogen-bond acceptors (Lipinski definition) is 5. The third kappa shape index (κ3) is 3.79. The molecule has 2 aliphatic heterocycles. The van der Waals surface area contributed by atoms with E-state index in [9.17, 15) is 8.78 Å². The smallest absolute Gasteiger partial charge is 0.284 e. The van der Waals surface area contributed by atoms with E-state index in [1.807, 2.05) is 48.5 Å². The second kappa shape index (κ2) is 8.25. The van der Waals surface area contributed by atoms with E-state index in [0.29, 0.717) is 21.6 Å². The molecule has 1 atom stereocenters. The predicted molar refractivity (Wildman–Crippen MR) is 131 cm³/mol. The molecule has 5 nitrogen and oxygen atoms in total. The minimum absolute atomic E-state index is 0.00912. The lowest BCUT2D eigenvalue weighted by Gasteiger charge is -2.35. The summed E-state index contributed by atoms with van der Waals surface area (Å²) in [5.41, 5.74) is 8.10. The minimum atomic E-state index is -3.00. The number of amidine groups is 1. The van der Waals surface area contributed by atoms with E-state index in [0.717, 1.165) is 22.3 Å². The highest BCUT2D eigenvalue weighted by Gasteiger charge is 2.53. The van der Waals surface area contributed by atoms with Crippen molar-refractivity contribution in [2.45, 2.75) is 11.5 Å². The van der Waals surface area contributed by atoms with Crippen molar-refractivity contribution in [3.05, 3.63) is 87.9 Å². The summed E-state index contributed by atoms with van der Waals surface area (Å²) in [4.78, 5) is 10.4. The van der Waals surface area contributed by atoms with E-state index in [2.05, 4.69) is 4.99 Å². The Balaban J connectivity index is 1.73. The van der Waals surface area contributed by atoms with Gasteiger partial charge in [-0.15, -0.1) is 0 Å². The average molecular weight is 501 g/mol. The van der Waals surface area contributed by atoms with Gasteiger partial charge in [-0.2, -0.15) is 0 Å². The van der Waals surface area contributed by atoms with E-state index < -0.39 is 24.6 Å². The highest BCUT2D eigenvalue weighted by Crippen LogP contribution is 2.44. The molecule has 1 unspecified atom stereocenters. The lowest BCUT2D eigenvalue weighted by molar-refractivity contribution is -0.00437. The van der Waals surface area contributed by atoms with Crippen LogP contribution in [0.5, 0.6) is 5.75 Å². The molecule has 3 aromatic rings. The fourth-order valence-electron chi connectivity index (χ4n) is 4.44. The molecule has 0 saturated heterocycles. The van der Waals surface area contributed by atoms with Gasteiger partial charge in [0.25, 0.3) is 5.92 Å². The molecule has 34 heavy (non-hydrogen) atoms. The van der Waals surface area contributed by atoms with Crippen molar-refractivity contribution in [1.29, 1.82) is 0 Å². The first-order valence-corrected chi connectivity index (χ1v) is 11.2. The number of halogens is 4. The maximum Gasteiger partial charge on any atom is 0.284 e. The van der Waals surface area contributed by atoms with Crippen LogP contribution in [0.2, 0.25) is 10.0 Å². The van der Waals surface area contributed by atoms with Crippen molar-refractivity contribution in [2.24, 2.45) is 15.7 Å². The van der Waals surface area contributed by atoms with Gasteiger partial charge in [0.05, 0.1) is 13.7 Å². The van der Waals surface area contributed by atoms with Gasteiger partial charge in [-0.3, -0.25) is 9.89 Å². The molecule has 0 radical (unpaired) electrons. The largest absolute Gasteiger partial charge is 0.497 e. The Labute approximate surface area is 205 Å². The Morgan fingerprint density at radius 3 is 2.32 bits per heavy atom. The number of fused-ring (bicyclic) bond motifs is 1. The fourth-order valence-corrected chi connectivity index (χ4v) is 4.97. The summed E-state index contributed by atoms with van der Waals surface area (Å²) < 4.78 is 33.8. The van der Waals surface area contributed by atoms with Gasteiger partial charge in [0.15, 0.2) is 11.5 Å². The highest BCUT2D eigenvalue weighted by molar-refractivity contribution is 6.35. The molecule has 0 spiro atoms. The minimum Gasteiger partial charge on any atom is -0.497 e. The van der Waals surface area contributed by atoms with E-state index in [1.54, 1.807) is 25.3 Å². The number of alkyl halides is 2. The Bertz CT molecular complexity index is 1310. The molecule has 0 fully saturated rings. The molecule has 0 amide bonds. The van der Waals surface area contributed by atoms with Crippen LogP contribution in [0.25, 0.3) is 11.1 Å². The van der Waals surface area contributed by atoms with Crippen LogP contribution >= 0.6 is 23.2 Å². The second-order valence-corrected chi connectivity index (χ2v) is 9.10. The standard InChI is InChI=1S/C25H20Cl2F2N4O/c1-34-21-7-5-17(6-8-21)25(22-31-13-24(28,29)14-33(22)23(30)32-25)18-4-2-3-15(9-18)16-10-19(26)12-20(27)11-16/h2-12H,13-14H2,1H3,(H2,30,32). The van der Waals surface area contributed by atoms with E-state index in [4.69, 9.17) is 38.7 Å². The Morgan fingerprint density at radius 2 is 1.65 bits per heavy atom. The molecule has 0 saturated carbocycles. The highest BCUT2D eigenvalue weighted by atomic mass is 35.5. The zero-order chi connectivity index (χ0) is 24.1. The predicted octanol–water partition coefficient (Wildman–Crippen LogP) is 5.59. The van der Waals surface area contributed by atoms with Gasteiger partial charge in [-0.25, -0.2) is 13.8 Å². The van der Waals surface area contributed by atoms with Crippen molar-refractivity contribution in [1.82, 2.24) is 4.90 Å². The zero-order valence-corrected chi connectivity index (χ0v) is 19.6. The van der Waals surface area contributed by atoms with Crippen LogP contribution in [0.1, 0.15) is 11.1 Å². The van der Waals surface area contributed by atoms with Crippen LogP contribution < -0.4 is 10.5 Å². The number of hydrogen-bond donors (Lipinski definition) is 1. The van der Waals surface area contributed by atoms with E-state index >= 15 is 0 Å². The number of benzene rings is 3. The number of ether oxygens (including phenoxy) is 1. The topological polar surface area (TPSA) is 63.2 Å². The van der Waals surface area contributed by atoms with Crippen molar-refractivity contribution in [2.75, 3.05) is 20.2 Å². The molecule has 9 heteroatoms. The summed E-state index contributed by atoms with van der Waals surface area (Å²) in [6.45, 7) is -1.22. The lowest BCUT2D eigenvalue weighted by atomic mass is 9.81. The van der Waals surface area contributed by atoms with Crippen LogP contribution in [-0.4, -0.2) is 42.8 Å². The summed E-state index contributed by atoms with van der Waals surface area (Å²) >= 11 is 12.4. The molecular formula is C25H20Cl2F2N4O. The summed E-state index contributed by atoms with van der Waals surface area (Å²) in [7, 11) is 1.57. The average Bonchev–Trinajstić information content (AvgIpc) is 3.10.